The van der Waals surface area contributed by atoms with Crippen LogP contribution in [0.2, 0.25) is 0 Å². The number of hydrogen-bond acceptors (Lipinski definition) is 3. The summed E-state index contributed by atoms with van der Waals surface area (Å²) >= 11 is 1.67. The molecule has 0 saturated heterocycles. The predicted octanol–water partition coefficient (Wildman–Crippen LogP) is 4.26. The maximum Gasteiger partial charge on any atom is 0.330 e. The Bertz CT molecular complexity index is 521. The minimum absolute atomic E-state index is 0.263. The van der Waals surface area contributed by atoms with Crippen LogP contribution in [-0.2, 0) is 9.53 Å². The molecule has 3 heteroatoms. The van der Waals surface area contributed by atoms with Crippen molar-refractivity contribution in [1.82, 2.24) is 0 Å². The van der Waals surface area contributed by atoms with Gasteiger partial charge < -0.3 is 4.74 Å². The second kappa shape index (κ2) is 6.36. The van der Waals surface area contributed by atoms with Gasteiger partial charge in [-0.25, -0.2) is 4.79 Å². The van der Waals surface area contributed by atoms with Gasteiger partial charge in [-0.3, -0.25) is 0 Å². The van der Waals surface area contributed by atoms with Crippen molar-refractivity contribution in [3.8, 4) is 0 Å². The van der Waals surface area contributed by atoms with Crippen molar-refractivity contribution in [2.45, 2.75) is 19.8 Å². The lowest BCUT2D eigenvalue weighted by Gasteiger charge is -1.98. The van der Waals surface area contributed by atoms with Crippen LogP contribution in [0.3, 0.4) is 0 Å². The second-order valence-corrected chi connectivity index (χ2v) is 5.16. The first kappa shape index (κ1) is 12.8. The van der Waals surface area contributed by atoms with E-state index in [2.05, 4.69) is 25.1 Å². The number of carbonyl (C=O) groups is 1. The second-order valence-electron chi connectivity index (χ2n) is 4.04. The molecule has 0 saturated carbocycles. The fourth-order valence-corrected chi connectivity index (χ4v) is 2.57. The Labute approximate surface area is 111 Å². The average molecular weight is 260 g/mol. The topological polar surface area (TPSA) is 26.3 Å². The molecular formula is C15H16O2S. The van der Waals surface area contributed by atoms with Crippen molar-refractivity contribution in [2.75, 3.05) is 6.61 Å². The molecule has 1 aromatic heterocycles. The van der Waals surface area contributed by atoms with Crippen LogP contribution in [0.4, 0.5) is 0 Å². The Morgan fingerprint density at radius 2 is 2.22 bits per heavy atom. The molecule has 0 unspecified atom stereocenters. The highest BCUT2D eigenvalue weighted by molar-refractivity contribution is 7.19. The highest BCUT2D eigenvalue weighted by Gasteiger charge is 1.99. The summed E-state index contributed by atoms with van der Waals surface area (Å²) in [4.78, 5) is 12.5. The molecule has 0 radical (unpaired) electrons. The number of rotatable bonds is 5. The number of hydrogen-bond donors (Lipinski definition) is 0. The molecule has 1 aromatic carbocycles. The normalized spacial score (nSPS) is 11.2. The smallest absolute Gasteiger partial charge is 0.330 e. The Hall–Kier alpha value is -1.61. The van der Waals surface area contributed by atoms with Crippen molar-refractivity contribution >= 4 is 33.5 Å². The molecule has 2 aromatic rings. The summed E-state index contributed by atoms with van der Waals surface area (Å²) in [7, 11) is 0. The van der Waals surface area contributed by atoms with Crippen molar-refractivity contribution in [3.63, 3.8) is 0 Å². The van der Waals surface area contributed by atoms with Gasteiger partial charge in [0, 0.05) is 15.7 Å². The number of fused-ring (bicyclic) bond motifs is 1. The first-order chi connectivity index (χ1) is 8.79. The number of thiophene rings is 1. The quantitative estimate of drug-likeness (QED) is 0.456. The molecule has 0 bridgehead atoms. The Morgan fingerprint density at radius 1 is 1.39 bits per heavy atom. The van der Waals surface area contributed by atoms with E-state index in [1.807, 2.05) is 18.2 Å². The van der Waals surface area contributed by atoms with Gasteiger partial charge in [0.25, 0.3) is 0 Å². The van der Waals surface area contributed by atoms with Crippen LogP contribution >= 0.6 is 11.3 Å². The van der Waals surface area contributed by atoms with E-state index >= 15 is 0 Å². The highest BCUT2D eigenvalue weighted by atomic mass is 32.1. The zero-order valence-electron chi connectivity index (χ0n) is 10.4. The van der Waals surface area contributed by atoms with E-state index in [1.54, 1.807) is 11.3 Å². The fourth-order valence-electron chi connectivity index (χ4n) is 1.60. The molecule has 1 heterocycles. The van der Waals surface area contributed by atoms with Gasteiger partial charge in [0.15, 0.2) is 0 Å². The van der Waals surface area contributed by atoms with Gasteiger partial charge >= 0.3 is 5.97 Å². The van der Waals surface area contributed by atoms with Crippen LogP contribution in [0.25, 0.3) is 16.2 Å². The van der Waals surface area contributed by atoms with E-state index in [-0.39, 0.29) is 5.97 Å². The van der Waals surface area contributed by atoms with Crippen LogP contribution in [0.15, 0.2) is 36.4 Å². The largest absolute Gasteiger partial charge is 0.463 e. The van der Waals surface area contributed by atoms with Crippen LogP contribution in [0.1, 0.15) is 24.6 Å². The molecule has 94 valence electrons. The first-order valence-corrected chi connectivity index (χ1v) is 6.94. The van der Waals surface area contributed by atoms with E-state index in [0.717, 1.165) is 17.7 Å². The first-order valence-electron chi connectivity index (χ1n) is 6.13. The van der Waals surface area contributed by atoms with Crippen molar-refractivity contribution in [3.05, 3.63) is 41.3 Å². The number of unbranched alkanes of at least 4 members (excludes halogenated alkanes) is 1. The minimum atomic E-state index is -0.263. The van der Waals surface area contributed by atoms with Crippen molar-refractivity contribution in [1.29, 1.82) is 0 Å². The SMILES string of the molecule is CCCCOC(=O)/C=C/c1cc2ccccc2s1. The molecule has 0 aliphatic rings. The van der Waals surface area contributed by atoms with E-state index in [4.69, 9.17) is 4.74 Å². The molecule has 0 N–H and O–H groups in total. The molecule has 0 aliphatic carbocycles. The summed E-state index contributed by atoms with van der Waals surface area (Å²) < 4.78 is 6.29. The molecule has 0 atom stereocenters. The molecule has 2 nitrogen and oxygen atoms in total. The summed E-state index contributed by atoms with van der Waals surface area (Å²) in [6.07, 6.45) is 5.27. The zero-order valence-corrected chi connectivity index (χ0v) is 11.2. The fraction of sp³-hybridized carbons (Fsp3) is 0.267. The maximum atomic E-state index is 11.4. The molecule has 0 amide bonds. The van der Waals surface area contributed by atoms with E-state index < -0.39 is 0 Å². The molecule has 0 spiro atoms. The number of benzene rings is 1. The van der Waals surface area contributed by atoms with Crippen LogP contribution in [-0.4, -0.2) is 12.6 Å². The van der Waals surface area contributed by atoms with Crippen LogP contribution < -0.4 is 0 Å². The molecule has 2 rings (SSSR count). The number of carbonyl (C=O) groups excluding carboxylic acids is 1. The lowest BCUT2D eigenvalue weighted by Crippen LogP contribution is -2.01. The van der Waals surface area contributed by atoms with Crippen LogP contribution in [0.5, 0.6) is 0 Å². The van der Waals surface area contributed by atoms with Gasteiger partial charge in [-0.2, -0.15) is 0 Å². The van der Waals surface area contributed by atoms with Crippen molar-refractivity contribution < 1.29 is 9.53 Å². The monoisotopic (exact) mass is 260 g/mol. The standard InChI is InChI=1S/C15H16O2S/c1-2-3-10-17-15(16)9-8-13-11-12-6-4-5-7-14(12)18-13/h4-9,11H,2-3,10H2,1H3/b9-8+. The minimum Gasteiger partial charge on any atom is -0.463 e. The van der Waals surface area contributed by atoms with Gasteiger partial charge in [0.1, 0.15) is 0 Å². The summed E-state index contributed by atoms with van der Waals surface area (Å²) in [6.45, 7) is 2.58. The molecule has 0 aliphatic heterocycles. The van der Waals surface area contributed by atoms with E-state index in [0.29, 0.717) is 6.61 Å². The van der Waals surface area contributed by atoms with Gasteiger partial charge in [0.05, 0.1) is 6.61 Å². The maximum absolute atomic E-state index is 11.4. The third-order valence-electron chi connectivity index (χ3n) is 2.57. The summed E-state index contributed by atoms with van der Waals surface area (Å²) in [5.74, 6) is -0.263. The average Bonchev–Trinajstić information content (AvgIpc) is 2.79. The van der Waals surface area contributed by atoms with E-state index in [9.17, 15) is 4.79 Å². The Balaban J connectivity index is 1.98. The van der Waals surface area contributed by atoms with Crippen LogP contribution in [0, 0.1) is 0 Å². The zero-order chi connectivity index (χ0) is 12.8. The number of esters is 1. The third kappa shape index (κ3) is 3.44. The van der Waals surface area contributed by atoms with Gasteiger partial charge in [-0.1, -0.05) is 31.5 Å². The van der Waals surface area contributed by atoms with Gasteiger partial charge in [-0.15, -0.1) is 11.3 Å². The Kier molecular flexibility index (Phi) is 4.53. The summed E-state index contributed by atoms with van der Waals surface area (Å²) in [5, 5.41) is 1.21. The Morgan fingerprint density at radius 3 is 3.00 bits per heavy atom. The third-order valence-corrected chi connectivity index (χ3v) is 3.65. The highest BCUT2D eigenvalue weighted by Crippen LogP contribution is 2.26. The molecular weight excluding hydrogens is 244 g/mol. The lowest BCUT2D eigenvalue weighted by atomic mass is 10.2. The molecule has 18 heavy (non-hydrogen) atoms. The van der Waals surface area contributed by atoms with E-state index in [1.165, 1.54) is 16.2 Å². The predicted molar refractivity (Wildman–Crippen MR) is 76.7 cm³/mol. The van der Waals surface area contributed by atoms with Gasteiger partial charge in [-0.05, 0) is 30.0 Å². The summed E-state index contributed by atoms with van der Waals surface area (Å²) in [5.41, 5.74) is 0. The summed E-state index contributed by atoms with van der Waals surface area (Å²) in [6, 6.07) is 10.3. The lowest BCUT2D eigenvalue weighted by molar-refractivity contribution is -0.137. The van der Waals surface area contributed by atoms with Gasteiger partial charge in [0.2, 0.25) is 0 Å². The van der Waals surface area contributed by atoms with Crippen molar-refractivity contribution in [2.24, 2.45) is 0 Å². The molecule has 0 fully saturated rings. The number of ether oxygens (including phenoxy) is 1.